The zero-order valence-electron chi connectivity index (χ0n) is 10.9. The Morgan fingerprint density at radius 2 is 2.25 bits per heavy atom. The fourth-order valence-corrected chi connectivity index (χ4v) is 2.55. The maximum Gasteiger partial charge on any atom is 0.255 e. The van der Waals surface area contributed by atoms with Gasteiger partial charge in [0.1, 0.15) is 0 Å². The molecule has 0 saturated carbocycles. The van der Waals surface area contributed by atoms with Crippen LogP contribution in [0.4, 0.5) is 5.95 Å². The molecule has 2 N–H and O–H groups in total. The van der Waals surface area contributed by atoms with Crippen LogP contribution in [0.1, 0.15) is 34.9 Å². The van der Waals surface area contributed by atoms with Crippen LogP contribution in [-0.4, -0.2) is 32.3 Å². The highest BCUT2D eigenvalue weighted by molar-refractivity contribution is 5.94. The molecule has 6 heteroatoms. The number of carbonyl (C=O) groups excluding carboxylic acids is 1. The molecule has 3 heterocycles. The first-order chi connectivity index (χ1) is 9.75. The fourth-order valence-electron chi connectivity index (χ4n) is 2.55. The van der Waals surface area contributed by atoms with Crippen molar-refractivity contribution in [3.63, 3.8) is 0 Å². The van der Waals surface area contributed by atoms with Crippen LogP contribution in [0.3, 0.4) is 0 Å². The van der Waals surface area contributed by atoms with Crippen LogP contribution in [-0.2, 0) is 0 Å². The highest BCUT2D eigenvalue weighted by atomic mass is 16.2. The lowest BCUT2D eigenvalue weighted by Crippen LogP contribution is -2.31. The van der Waals surface area contributed by atoms with E-state index in [1.54, 1.807) is 30.7 Å². The normalized spacial score (nSPS) is 18.2. The summed E-state index contributed by atoms with van der Waals surface area (Å²) < 4.78 is 0. The Bertz CT molecular complexity index is 616. The average molecular weight is 269 g/mol. The average Bonchev–Trinajstić information content (AvgIpc) is 2.97. The molecule has 2 aromatic heterocycles. The predicted molar refractivity (Wildman–Crippen MR) is 73.7 cm³/mol. The van der Waals surface area contributed by atoms with E-state index in [2.05, 4.69) is 15.0 Å². The lowest BCUT2D eigenvalue weighted by Gasteiger charge is -2.24. The van der Waals surface area contributed by atoms with Crippen LogP contribution in [0, 0.1) is 0 Å². The quantitative estimate of drug-likeness (QED) is 0.891. The van der Waals surface area contributed by atoms with E-state index in [0.717, 1.165) is 25.1 Å². The number of nitrogen functional groups attached to an aromatic ring is 1. The van der Waals surface area contributed by atoms with E-state index in [9.17, 15) is 4.79 Å². The number of hydrogen-bond acceptors (Lipinski definition) is 5. The summed E-state index contributed by atoms with van der Waals surface area (Å²) in [5.41, 5.74) is 7.02. The van der Waals surface area contributed by atoms with Gasteiger partial charge in [-0.2, -0.15) is 0 Å². The van der Waals surface area contributed by atoms with Gasteiger partial charge in [-0.05, 0) is 31.0 Å². The van der Waals surface area contributed by atoms with Crippen LogP contribution in [0.25, 0.3) is 0 Å². The van der Waals surface area contributed by atoms with E-state index >= 15 is 0 Å². The summed E-state index contributed by atoms with van der Waals surface area (Å²) >= 11 is 0. The molecular formula is C14H15N5O. The summed E-state index contributed by atoms with van der Waals surface area (Å²) in [6, 6.07) is 5.32. The topological polar surface area (TPSA) is 85.0 Å². The summed E-state index contributed by atoms with van der Waals surface area (Å²) in [4.78, 5) is 26.5. The molecule has 0 spiro atoms. The number of anilines is 1. The molecule has 0 radical (unpaired) electrons. The smallest absolute Gasteiger partial charge is 0.255 e. The molecule has 0 aliphatic carbocycles. The minimum absolute atomic E-state index is 0.0159. The second-order valence-corrected chi connectivity index (χ2v) is 4.74. The summed E-state index contributed by atoms with van der Waals surface area (Å²) in [6.45, 7) is 0.725. The Hall–Kier alpha value is -2.50. The largest absolute Gasteiger partial charge is 0.368 e. The van der Waals surface area contributed by atoms with Crippen LogP contribution in [0.2, 0.25) is 0 Å². The summed E-state index contributed by atoms with van der Waals surface area (Å²) in [5, 5.41) is 0. The summed E-state index contributed by atoms with van der Waals surface area (Å²) in [7, 11) is 0. The lowest BCUT2D eigenvalue weighted by atomic mass is 10.1. The van der Waals surface area contributed by atoms with Crippen molar-refractivity contribution < 1.29 is 4.79 Å². The Labute approximate surface area is 116 Å². The molecule has 1 atom stereocenters. The standard InChI is InChI=1S/C14H15N5O/c15-14-17-7-5-11(18-14)12-4-2-8-19(12)13(20)10-3-1-6-16-9-10/h1,3,5-7,9,12H,2,4,8H2,(H2,15,17,18)/t12-/m0/s1. The van der Waals surface area contributed by atoms with Crippen molar-refractivity contribution >= 4 is 11.9 Å². The van der Waals surface area contributed by atoms with Crippen molar-refractivity contribution in [2.75, 3.05) is 12.3 Å². The molecule has 1 aliphatic rings. The number of nitrogens with two attached hydrogens (primary N) is 1. The van der Waals surface area contributed by atoms with Gasteiger partial charge in [0.05, 0.1) is 17.3 Å². The highest BCUT2D eigenvalue weighted by Gasteiger charge is 2.31. The molecule has 3 rings (SSSR count). The molecule has 102 valence electrons. The SMILES string of the molecule is Nc1nccc([C@@H]2CCCN2C(=O)c2cccnc2)n1. The van der Waals surface area contributed by atoms with Gasteiger partial charge in [0, 0.05) is 25.1 Å². The van der Waals surface area contributed by atoms with Crippen molar-refractivity contribution in [2.45, 2.75) is 18.9 Å². The van der Waals surface area contributed by atoms with E-state index in [4.69, 9.17) is 5.73 Å². The molecule has 1 amide bonds. The molecule has 1 aliphatic heterocycles. The Kier molecular flexibility index (Phi) is 3.28. The van der Waals surface area contributed by atoms with Crippen molar-refractivity contribution in [1.29, 1.82) is 0 Å². The van der Waals surface area contributed by atoms with Gasteiger partial charge < -0.3 is 10.6 Å². The maximum absolute atomic E-state index is 12.5. The number of pyridine rings is 1. The van der Waals surface area contributed by atoms with Crippen molar-refractivity contribution in [3.05, 3.63) is 48.0 Å². The van der Waals surface area contributed by atoms with Gasteiger partial charge in [-0.1, -0.05) is 0 Å². The third-order valence-electron chi connectivity index (χ3n) is 3.46. The highest BCUT2D eigenvalue weighted by Crippen LogP contribution is 2.31. The van der Waals surface area contributed by atoms with Crippen molar-refractivity contribution in [3.8, 4) is 0 Å². The Morgan fingerprint density at radius 1 is 1.35 bits per heavy atom. The minimum atomic E-state index is -0.0343. The third kappa shape index (κ3) is 2.32. The van der Waals surface area contributed by atoms with Gasteiger partial charge in [-0.25, -0.2) is 9.97 Å². The molecule has 1 fully saturated rings. The summed E-state index contributed by atoms with van der Waals surface area (Å²) in [6.07, 6.45) is 6.72. The monoisotopic (exact) mass is 269 g/mol. The van der Waals surface area contributed by atoms with Crippen LogP contribution >= 0.6 is 0 Å². The number of amides is 1. The third-order valence-corrected chi connectivity index (χ3v) is 3.46. The second-order valence-electron chi connectivity index (χ2n) is 4.74. The zero-order valence-corrected chi connectivity index (χ0v) is 10.9. The van der Waals surface area contributed by atoms with E-state index in [1.807, 2.05) is 11.0 Å². The first-order valence-electron chi connectivity index (χ1n) is 6.55. The van der Waals surface area contributed by atoms with E-state index in [-0.39, 0.29) is 17.9 Å². The molecule has 0 aromatic carbocycles. The van der Waals surface area contributed by atoms with Crippen LogP contribution in [0.5, 0.6) is 0 Å². The van der Waals surface area contributed by atoms with Gasteiger partial charge in [0.15, 0.2) is 0 Å². The van der Waals surface area contributed by atoms with E-state index in [1.165, 1.54) is 0 Å². The number of likely N-dealkylation sites (tertiary alicyclic amines) is 1. The van der Waals surface area contributed by atoms with Crippen molar-refractivity contribution in [1.82, 2.24) is 19.9 Å². The Morgan fingerprint density at radius 3 is 3.00 bits per heavy atom. The zero-order chi connectivity index (χ0) is 13.9. The number of nitrogens with zero attached hydrogens (tertiary/aromatic N) is 4. The predicted octanol–water partition coefficient (Wildman–Crippen LogP) is 1.43. The van der Waals surface area contributed by atoms with Crippen molar-refractivity contribution in [2.24, 2.45) is 0 Å². The van der Waals surface area contributed by atoms with Gasteiger partial charge in [-0.15, -0.1) is 0 Å². The molecule has 0 unspecified atom stereocenters. The number of aromatic nitrogens is 3. The Balaban J connectivity index is 1.88. The minimum Gasteiger partial charge on any atom is -0.368 e. The molecule has 2 aromatic rings. The van der Waals surface area contributed by atoms with Crippen LogP contribution in [0.15, 0.2) is 36.8 Å². The number of carbonyl (C=O) groups is 1. The number of rotatable bonds is 2. The van der Waals surface area contributed by atoms with Gasteiger partial charge >= 0.3 is 0 Å². The maximum atomic E-state index is 12.5. The molecule has 0 bridgehead atoms. The molecule has 20 heavy (non-hydrogen) atoms. The van der Waals surface area contributed by atoms with Gasteiger partial charge in [0.25, 0.3) is 5.91 Å². The first kappa shape index (κ1) is 12.5. The second kappa shape index (κ2) is 5.24. The fraction of sp³-hybridized carbons (Fsp3) is 0.286. The van der Waals surface area contributed by atoms with Crippen LogP contribution < -0.4 is 5.73 Å². The molecule has 6 nitrogen and oxygen atoms in total. The first-order valence-corrected chi connectivity index (χ1v) is 6.55. The molecule has 1 saturated heterocycles. The van der Waals surface area contributed by atoms with E-state index in [0.29, 0.717) is 5.56 Å². The van der Waals surface area contributed by atoms with Gasteiger partial charge in [-0.3, -0.25) is 9.78 Å². The van der Waals surface area contributed by atoms with E-state index < -0.39 is 0 Å². The lowest BCUT2D eigenvalue weighted by molar-refractivity contribution is 0.0732. The molecular weight excluding hydrogens is 254 g/mol. The summed E-state index contributed by atoms with van der Waals surface area (Å²) in [5.74, 6) is 0.223. The number of hydrogen-bond donors (Lipinski definition) is 1. The van der Waals surface area contributed by atoms with Gasteiger partial charge in [0.2, 0.25) is 5.95 Å².